The van der Waals surface area contributed by atoms with Crippen molar-refractivity contribution >= 4 is 20.2 Å². The monoisotopic (exact) mass is 514 g/mol. The van der Waals surface area contributed by atoms with Crippen molar-refractivity contribution in [3.05, 3.63) is 71.8 Å². The second kappa shape index (κ2) is 13.3. The smallest absolute Gasteiger partial charge is 0.264 e. The molecule has 0 aliphatic heterocycles. The maximum atomic E-state index is 11.8. The number of benzene rings is 2. The summed E-state index contributed by atoms with van der Waals surface area (Å²) in [5.41, 5.74) is 1.79. The van der Waals surface area contributed by atoms with Gasteiger partial charge in [-0.3, -0.25) is 8.37 Å². The zero-order valence-electron chi connectivity index (χ0n) is 20.0. The van der Waals surface area contributed by atoms with Gasteiger partial charge in [0.25, 0.3) is 20.2 Å². The second-order valence-electron chi connectivity index (χ2n) is 8.19. The van der Waals surface area contributed by atoms with Crippen LogP contribution in [0.5, 0.6) is 0 Å². The number of hydrogen-bond donors (Lipinski definition) is 0. The van der Waals surface area contributed by atoms with Crippen molar-refractivity contribution in [2.75, 3.05) is 19.1 Å². The van der Waals surface area contributed by atoms with Crippen LogP contribution in [0, 0.1) is 5.92 Å². The third kappa shape index (κ3) is 10.6. The molecule has 0 radical (unpaired) electrons. The number of hydrogen-bond acceptors (Lipinski definition) is 8. The van der Waals surface area contributed by atoms with E-state index in [2.05, 4.69) is 0 Å². The van der Waals surface area contributed by atoms with Crippen LogP contribution in [-0.2, 0) is 51.3 Å². The maximum Gasteiger partial charge on any atom is 0.264 e. The Bertz CT molecular complexity index is 1060. The van der Waals surface area contributed by atoms with Crippen molar-refractivity contribution in [1.29, 1.82) is 0 Å². The van der Waals surface area contributed by atoms with Crippen molar-refractivity contribution in [3.8, 4) is 0 Å². The van der Waals surface area contributed by atoms with E-state index in [0.29, 0.717) is 6.42 Å². The van der Waals surface area contributed by atoms with E-state index < -0.39 is 44.5 Å². The normalized spacial score (nSPS) is 16.0. The van der Waals surface area contributed by atoms with Crippen LogP contribution in [0.25, 0.3) is 0 Å². The van der Waals surface area contributed by atoms with E-state index in [1.807, 2.05) is 67.6 Å². The Balaban J connectivity index is 2.33. The molecule has 0 amide bonds. The third-order valence-corrected chi connectivity index (χ3v) is 6.37. The Morgan fingerprint density at radius 2 is 1.24 bits per heavy atom. The molecule has 0 fully saturated rings. The maximum absolute atomic E-state index is 11.8. The molecule has 0 saturated heterocycles. The van der Waals surface area contributed by atoms with Crippen molar-refractivity contribution in [2.45, 2.75) is 51.8 Å². The van der Waals surface area contributed by atoms with Gasteiger partial charge in [-0.25, -0.2) is 0 Å². The lowest BCUT2D eigenvalue weighted by Crippen LogP contribution is -2.45. The second-order valence-corrected chi connectivity index (χ2v) is 11.4. The van der Waals surface area contributed by atoms with E-state index in [-0.39, 0.29) is 19.8 Å². The molecule has 34 heavy (non-hydrogen) atoms. The summed E-state index contributed by atoms with van der Waals surface area (Å²) in [6, 6.07) is 18.9. The highest BCUT2D eigenvalue weighted by atomic mass is 32.2. The van der Waals surface area contributed by atoms with E-state index in [1.54, 1.807) is 6.92 Å². The van der Waals surface area contributed by atoms with Gasteiger partial charge in [0.1, 0.15) is 6.10 Å². The molecule has 2 rings (SSSR count). The molecule has 2 aromatic rings. The van der Waals surface area contributed by atoms with E-state index in [0.717, 1.165) is 23.6 Å². The highest BCUT2D eigenvalue weighted by molar-refractivity contribution is 7.86. The van der Waals surface area contributed by atoms with Crippen LogP contribution >= 0.6 is 0 Å². The van der Waals surface area contributed by atoms with Gasteiger partial charge >= 0.3 is 0 Å². The van der Waals surface area contributed by atoms with E-state index in [9.17, 15) is 16.8 Å². The first-order valence-electron chi connectivity index (χ1n) is 11.0. The lowest BCUT2D eigenvalue weighted by molar-refractivity contribution is -0.132. The van der Waals surface area contributed by atoms with Crippen LogP contribution in [0.4, 0.5) is 0 Å². The predicted octanol–water partition coefficient (Wildman–Crippen LogP) is 3.52. The van der Waals surface area contributed by atoms with Gasteiger partial charge in [0.05, 0.1) is 44.5 Å². The van der Waals surface area contributed by atoms with Crippen LogP contribution in [0.3, 0.4) is 0 Å². The molecular weight excluding hydrogens is 480 g/mol. The van der Waals surface area contributed by atoms with Gasteiger partial charge < -0.3 is 9.47 Å². The highest BCUT2D eigenvalue weighted by Crippen LogP contribution is 2.26. The molecule has 0 aliphatic carbocycles. The van der Waals surface area contributed by atoms with Crippen LogP contribution in [-0.4, -0.2) is 54.3 Å². The number of ether oxygens (including phenoxy) is 2. The first kappa shape index (κ1) is 28.4. The summed E-state index contributed by atoms with van der Waals surface area (Å²) in [7, 11) is -7.47. The van der Waals surface area contributed by atoms with Gasteiger partial charge in [0, 0.05) is 5.92 Å². The standard InChI is InChI=1S/C24H34O8S2/c1-5-22(32-34(4,27)28)19(2)24(30-17-21-14-10-7-11-15-21)23(18-31-33(3,25)26)29-16-20-12-8-6-9-13-20/h6-15,19,22-24H,5,16-18H2,1-4H3/t19-,22+,23-,24-/m0/s1. The Morgan fingerprint density at radius 3 is 1.68 bits per heavy atom. The fourth-order valence-corrected chi connectivity index (χ4v) is 4.68. The summed E-state index contributed by atoms with van der Waals surface area (Å²) in [4.78, 5) is 0. The minimum atomic E-state index is -3.75. The Morgan fingerprint density at radius 1 is 0.735 bits per heavy atom. The topological polar surface area (TPSA) is 105 Å². The molecular formula is C24H34O8S2. The molecule has 0 unspecified atom stereocenters. The van der Waals surface area contributed by atoms with Crippen molar-refractivity contribution in [1.82, 2.24) is 0 Å². The van der Waals surface area contributed by atoms with Gasteiger partial charge in [-0.05, 0) is 17.5 Å². The van der Waals surface area contributed by atoms with Gasteiger partial charge in [-0.2, -0.15) is 16.8 Å². The summed E-state index contributed by atoms with van der Waals surface area (Å²) in [5.74, 6) is -0.465. The molecule has 0 heterocycles. The van der Waals surface area contributed by atoms with Crippen LogP contribution in [0.2, 0.25) is 0 Å². The van der Waals surface area contributed by atoms with Crippen molar-refractivity contribution in [3.63, 3.8) is 0 Å². The van der Waals surface area contributed by atoms with Crippen molar-refractivity contribution < 1.29 is 34.7 Å². The first-order valence-corrected chi connectivity index (χ1v) is 14.7. The van der Waals surface area contributed by atoms with E-state index in [1.165, 1.54) is 0 Å². The zero-order chi connectivity index (χ0) is 25.2. The lowest BCUT2D eigenvalue weighted by atomic mass is 9.92. The van der Waals surface area contributed by atoms with Gasteiger partial charge in [0.2, 0.25) is 0 Å². The molecule has 8 nitrogen and oxygen atoms in total. The number of rotatable bonds is 15. The van der Waals surface area contributed by atoms with E-state index >= 15 is 0 Å². The van der Waals surface area contributed by atoms with Gasteiger partial charge in [-0.1, -0.05) is 74.5 Å². The molecule has 0 aromatic heterocycles. The minimum Gasteiger partial charge on any atom is -0.370 e. The molecule has 4 atom stereocenters. The molecule has 0 spiro atoms. The fraction of sp³-hybridized carbons (Fsp3) is 0.500. The summed E-state index contributed by atoms with van der Waals surface area (Å²) < 4.78 is 69.9. The summed E-state index contributed by atoms with van der Waals surface area (Å²) in [6.07, 6.45) is 0.127. The SMILES string of the molecule is CC[C@@H](OS(C)(=O)=O)[C@H](C)[C@H](OCc1ccccc1)[C@H](COS(C)(=O)=O)OCc1ccccc1. The highest BCUT2D eigenvalue weighted by Gasteiger charge is 2.36. The quantitative estimate of drug-likeness (QED) is 0.333. The summed E-state index contributed by atoms with van der Waals surface area (Å²) >= 11 is 0. The van der Waals surface area contributed by atoms with Crippen LogP contribution in [0.15, 0.2) is 60.7 Å². The van der Waals surface area contributed by atoms with Crippen LogP contribution in [0.1, 0.15) is 31.4 Å². The molecule has 2 aromatic carbocycles. The molecule has 0 aliphatic rings. The summed E-state index contributed by atoms with van der Waals surface area (Å²) in [6.45, 7) is 3.74. The zero-order valence-corrected chi connectivity index (χ0v) is 21.6. The van der Waals surface area contributed by atoms with Crippen LogP contribution < -0.4 is 0 Å². The van der Waals surface area contributed by atoms with Gasteiger partial charge in [-0.15, -0.1) is 0 Å². The average Bonchev–Trinajstić information content (AvgIpc) is 2.78. The fourth-order valence-electron chi connectivity index (χ4n) is 3.53. The molecule has 190 valence electrons. The van der Waals surface area contributed by atoms with Gasteiger partial charge in [0.15, 0.2) is 0 Å². The first-order chi connectivity index (χ1) is 16.0. The molecule has 10 heteroatoms. The van der Waals surface area contributed by atoms with Crippen molar-refractivity contribution in [2.24, 2.45) is 5.92 Å². The third-order valence-electron chi connectivity index (χ3n) is 5.21. The predicted molar refractivity (Wildman–Crippen MR) is 130 cm³/mol. The Labute approximate surface area is 203 Å². The summed E-state index contributed by atoms with van der Waals surface area (Å²) in [5, 5.41) is 0. The molecule has 0 saturated carbocycles. The molecule has 0 N–H and O–H groups in total. The Kier molecular flexibility index (Phi) is 11.1. The average molecular weight is 515 g/mol. The van der Waals surface area contributed by atoms with E-state index in [4.69, 9.17) is 17.8 Å². The largest absolute Gasteiger partial charge is 0.370 e. The Hall–Kier alpha value is -1.82. The molecule has 0 bridgehead atoms. The lowest BCUT2D eigenvalue weighted by Gasteiger charge is -2.35. The minimum absolute atomic E-state index is 0.195.